The largest absolute Gasteiger partial charge is 0.451 e. The zero-order chi connectivity index (χ0) is 18.9. The van der Waals surface area contributed by atoms with E-state index in [2.05, 4.69) is 32.3 Å². The minimum absolute atomic E-state index is 0.234. The summed E-state index contributed by atoms with van der Waals surface area (Å²) in [5, 5.41) is 3.66. The zero-order valence-electron chi connectivity index (χ0n) is 14.6. The highest BCUT2D eigenvalue weighted by Crippen LogP contribution is 2.30. The molecule has 0 fully saturated rings. The summed E-state index contributed by atoms with van der Waals surface area (Å²) >= 11 is 0. The topological polar surface area (TPSA) is 41.1 Å². The first-order chi connectivity index (χ1) is 13.0. The van der Waals surface area contributed by atoms with Gasteiger partial charge in [-0.25, -0.2) is 9.97 Å². The van der Waals surface area contributed by atoms with Crippen LogP contribution in [0.5, 0.6) is 0 Å². The SMILES string of the molecule is FC(F)(F)c1nc(NCCCN2Cc3ccccc3C2)c2ccccc2n1. The maximum atomic E-state index is 13.1. The number of nitrogens with zero attached hydrogens (tertiary/aromatic N) is 3. The minimum atomic E-state index is -4.57. The van der Waals surface area contributed by atoms with Crippen LogP contribution >= 0.6 is 0 Å². The lowest BCUT2D eigenvalue weighted by molar-refractivity contribution is -0.144. The van der Waals surface area contributed by atoms with E-state index in [0.29, 0.717) is 11.9 Å². The van der Waals surface area contributed by atoms with Crippen LogP contribution in [0.15, 0.2) is 48.5 Å². The van der Waals surface area contributed by atoms with E-state index in [1.54, 1.807) is 24.3 Å². The van der Waals surface area contributed by atoms with Gasteiger partial charge in [0.05, 0.1) is 5.52 Å². The fraction of sp³-hybridized carbons (Fsp3) is 0.300. The summed E-state index contributed by atoms with van der Waals surface area (Å²) in [5.41, 5.74) is 2.99. The maximum absolute atomic E-state index is 13.1. The fourth-order valence-corrected chi connectivity index (χ4v) is 3.41. The number of para-hydroxylation sites is 1. The number of hydrogen-bond acceptors (Lipinski definition) is 4. The molecule has 0 unspecified atom stereocenters. The first-order valence-corrected chi connectivity index (χ1v) is 8.88. The van der Waals surface area contributed by atoms with E-state index < -0.39 is 12.0 Å². The van der Waals surface area contributed by atoms with Crippen LogP contribution < -0.4 is 5.32 Å². The molecule has 0 radical (unpaired) electrons. The van der Waals surface area contributed by atoms with Crippen LogP contribution in [-0.4, -0.2) is 28.0 Å². The summed E-state index contributed by atoms with van der Waals surface area (Å²) in [7, 11) is 0. The lowest BCUT2D eigenvalue weighted by Crippen LogP contribution is -2.20. The van der Waals surface area contributed by atoms with Crippen molar-refractivity contribution in [2.45, 2.75) is 25.7 Å². The third kappa shape index (κ3) is 3.88. The highest BCUT2D eigenvalue weighted by molar-refractivity contribution is 5.89. The Kier molecular flexibility index (Phi) is 4.70. The molecule has 140 valence electrons. The van der Waals surface area contributed by atoms with E-state index >= 15 is 0 Å². The van der Waals surface area contributed by atoms with Crippen molar-refractivity contribution in [1.29, 1.82) is 0 Å². The summed E-state index contributed by atoms with van der Waals surface area (Å²) < 4.78 is 39.2. The number of nitrogens with one attached hydrogen (secondary N) is 1. The Morgan fingerprint density at radius 1 is 0.926 bits per heavy atom. The Hall–Kier alpha value is -2.67. The van der Waals surface area contributed by atoms with Crippen molar-refractivity contribution in [3.63, 3.8) is 0 Å². The van der Waals surface area contributed by atoms with Crippen LogP contribution in [0.1, 0.15) is 23.4 Å². The molecule has 2 heterocycles. The second-order valence-corrected chi connectivity index (χ2v) is 6.67. The molecule has 4 nitrogen and oxygen atoms in total. The summed E-state index contributed by atoms with van der Waals surface area (Å²) in [6.07, 6.45) is -3.75. The second-order valence-electron chi connectivity index (χ2n) is 6.67. The predicted octanol–water partition coefficient (Wildman–Crippen LogP) is 4.47. The quantitative estimate of drug-likeness (QED) is 0.671. The molecule has 0 spiro atoms. The van der Waals surface area contributed by atoms with Crippen LogP contribution in [0.4, 0.5) is 19.0 Å². The van der Waals surface area contributed by atoms with Crippen molar-refractivity contribution in [2.24, 2.45) is 0 Å². The molecule has 0 saturated heterocycles. The third-order valence-corrected chi connectivity index (χ3v) is 4.71. The van der Waals surface area contributed by atoms with Gasteiger partial charge in [-0.2, -0.15) is 13.2 Å². The third-order valence-electron chi connectivity index (χ3n) is 4.71. The van der Waals surface area contributed by atoms with Gasteiger partial charge in [0, 0.05) is 31.6 Å². The Morgan fingerprint density at radius 3 is 2.30 bits per heavy atom. The molecule has 1 aliphatic rings. The molecule has 2 aromatic carbocycles. The van der Waals surface area contributed by atoms with Gasteiger partial charge in [-0.15, -0.1) is 0 Å². The van der Waals surface area contributed by atoms with E-state index in [4.69, 9.17) is 0 Å². The Balaban J connectivity index is 1.40. The highest BCUT2D eigenvalue weighted by atomic mass is 19.4. The molecule has 0 bridgehead atoms. The molecular formula is C20H19F3N4. The molecule has 3 aromatic rings. The maximum Gasteiger partial charge on any atom is 0.451 e. The van der Waals surface area contributed by atoms with Gasteiger partial charge in [-0.1, -0.05) is 36.4 Å². The minimum Gasteiger partial charge on any atom is -0.369 e. The van der Waals surface area contributed by atoms with E-state index in [-0.39, 0.29) is 11.3 Å². The lowest BCUT2D eigenvalue weighted by Gasteiger charge is -2.16. The van der Waals surface area contributed by atoms with E-state index in [1.807, 2.05) is 12.1 Å². The van der Waals surface area contributed by atoms with Crippen molar-refractivity contribution in [1.82, 2.24) is 14.9 Å². The number of rotatable bonds is 5. The number of alkyl halides is 3. The van der Waals surface area contributed by atoms with Crippen molar-refractivity contribution in [2.75, 3.05) is 18.4 Å². The van der Waals surface area contributed by atoms with Crippen molar-refractivity contribution < 1.29 is 13.2 Å². The number of halogens is 3. The van der Waals surface area contributed by atoms with Crippen LogP contribution in [0, 0.1) is 0 Å². The van der Waals surface area contributed by atoms with Gasteiger partial charge < -0.3 is 5.32 Å². The summed E-state index contributed by atoms with van der Waals surface area (Å²) in [6.45, 7) is 3.26. The molecule has 1 N–H and O–H groups in total. The molecule has 0 aliphatic carbocycles. The number of benzene rings is 2. The second kappa shape index (κ2) is 7.15. The Morgan fingerprint density at radius 2 is 1.59 bits per heavy atom. The fourth-order valence-electron chi connectivity index (χ4n) is 3.41. The average Bonchev–Trinajstić information content (AvgIpc) is 3.07. The number of anilines is 1. The Bertz CT molecular complexity index is 930. The van der Waals surface area contributed by atoms with Crippen molar-refractivity contribution in [3.8, 4) is 0 Å². The average molecular weight is 372 g/mol. The molecule has 0 atom stereocenters. The molecule has 0 amide bonds. The summed E-state index contributed by atoms with van der Waals surface area (Å²) in [5.74, 6) is -0.878. The predicted molar refractivity (Wildman–Crippen MR) is 98.2 cm³/mol. The van der Waals surface area contributed by atoms with Gasteiger partial charge >= 0.3 is 6.18 Å². The van der Waals surface area contributed by atoms with Gasteiger partial charge in [0.15, 0.2) is 0 Å². The Labute approximate surface area is 155 Å². The van der Waals surface area contributed by atoms with Crippen molar-refractivity contribution in [3.05, 3.63) is 65.5 Å². The molecule has 1 aromatic heterocycles. The van der Waals surface area contributed by atoms with Gasteiger partial charge in [0.2, 0.25) is 5.82 Å². The van der Waals surface area contributed by atoms with Gasteiger partial charge in [-0.05, 0) is 29.7 Å². The van der Waals surface area contributed by atoms with Crippen LogP contribution in [0.2, 0.25) is 0 Å². The van der Waals surface area contributed by atoms with Crippen LogP contribution in [-0.2, 0) is 19.3 Å². The zero-order valence-corrected chi connectivity index (χ0v) is 14.6. The lowest BCUT2D eigenvalue weighted by atomic mass is 10.1. The number of aromatic nitrogens is 2. The number of hydrogen-bond donors (Lipinski definition) is 1. The van der Waals surface area contributed by atoms with Gasteiger partial charge in [0.1, 0.15) is 5.82 Å². The van der Waals surface area contributed by atoms with Crippen molar-refractivity contribution >= 4 is 16.7 Å². The number of fused-ring (bicyclic) bond motifs is 2. The van der Waals surface area contributed by atoms with Crippen LogP contribution in [0.3, 0.4) is 0 Å². The normalized spacial score (nSPS) is 14.5. The first kappa shape index (κ1) is 17.7. The van der Waals surface area contributed by atoms with E-state index in [9.17, 15) is 13.2 Å². The van der Waals surface area contributed by atoms with Crippen LogP contribution in [0.25, 0.3) is 10.9 Å². The molecule has 27 heavy (non-hydrogen) atoms. The highest BCUT2D eigenvalue weighted by Gasteiger charge is 2.35. The smallest absolute Gasteiger partial charge is 0.369 e. The van der Waals surface area contributed by atoms with Gasteiger partial charge in [-0.3, -0.25) is 4.90 Å². The molecule has 1 aliphatic heterocycles. The molecule has 7 heteroatoms. The molecular weight excluding hydrogens is 353 g/mol. The standard InChI is InChI=1S/C20H19F3N4/c21-20(22,23)19-25-17-9-4-3-8-16(17)18(26-19)24-10-5-11-27-12-14-6-1-2-7-15(14)13-27/h1-4,6-9H,5,10-13H2,(H,24,25,26). The van der Waals surface area contributed by atoms with Gasteiger partial charge in [0.25, 0.3) is 0 Å². The summed E-state index contributed by atoms with van der Waals surface area (Å²) in [6, 6.07) is 15.1. The summed E-state index contributed by atoms with van der Waals surface area (Å²) in [4.78, 5) is 9.69. The molecule has 0 saturated carbocycles. The van der Waals surface area contributed by atoms with E-state index in [1.165, 1.54) is 11.1 Å². The monoisotopic (exact) mass is 372 g/mol. The first-order valence-electron chi connectivity index (χ1n) is 8.88. The van der Waals surface area contributed by atoms with E-state index in [0.717, 1.165) is 26.1 Å². The molecule has 4 rings (SSSR count).